The lowest BCUT2D eigenvalue weighted by atomic mass is 10.2. The van der Waals surface area contributed by atoms with Crippen molar-refractivity contribution in [2.75, 3.05) is 37.8 Å². The van der Waals surface area contributed by atoms with Gasteiger partial charge in [0, 0.05) is 31.4 Å². The number of hydrogen-bond acceptors (Lipinski definition) is 6. The van der Waals surface area contributed by atoms with Gasteiger partial charge in [0.2, 0.25) is 5.95 Å². The fourth-order valence-corrected chi connectivity index (χ4v) is 2.36. The number of pyridine rings is 1. The first kappa shape index (κ1) is 18.7. The molecule has 27 heavy (non-hydrogen) atoms. The average molecular weight is 370 g/mol. The van der Waals surface area contributed by atoms with Gasteiger partial charge in [-0.25, -0.2) is 13.8 Å². The van der Waals surface area contributed by atoms with Crippen molar-refractivity contribution >= 4 is 17.5 Å². The lowest BCUT2D eigenvalue weighted by molar-refractivity contribution is 0.425. The van der Waals surface area contributed by atoms with E-state index in [2.05, 4.69) is 25.6 Å². The van der Waals surface area contributed by atoms with Gasteiger partial charge in [-0.1, -0.05) is 6.07 Å². The third kappa shape index (κ3) is 5.18. The summed E-state index contributed by atoms with van der Waals surface area (Å²) in [4.78, 5) is 15.2. The number of hydrogen-bond donors (Lipinski definition) is 2. The number of rotatable bonds is 7. The monoisotopic (exact) mass is 370 g/mol. The molecule has 2 N–H and O–H groups in total. The smallest absolute Gasteiger partial charge is 0.225 e. The molecule has 0 radical (unpaired) electrons. The molecule has 3 aromatic rings. The van der Waals surface area contributed by atoms with E-state index in [1.807, 2.05) is 37.2 Å². The molecule has 1 aromatic carbocycles. The van der Waals surface area contributed by atoms with Crippen LogP contribution in [0.5, 0.6) is 0 Å². The van der Waals surface area contributed by atoms with Crippen LogP contribution in [0, 0.1) is 11.6 Å². The molecule has 2 heterocycles. The minimum absolute atomic E-state index is 0.126. The van der Waals surface area contributed by atoms with Crippen LogP contribution in [-0.2, 0) is 0 Å². The summed E-state index contributed by atoms with van der Waals surface area (Å²) in [5, 5.41) is 6.03. The highest BCUT2D eigenvalue weighted by molar-refractivity contribution is 5.65. The summed E-state index contributed by atoms with van der Waals surface area (Å²) in [5.41, 5.74) is 1.38. The third-order valence-corrected chi connectivity index (χ3v) is 3.69. The van der Waals surface area contributed by atoms with E-state index >= 15 is 0 Å². The molecule has 140 valence electrons. The molecule has 0 aliphatic carbocycles. The largest absolute Gasteiger partial charge is 0.353 e. The van der Waals surface area contributed by atoms with Crippen molar-refractivity contribution < 1.29 is 8.78 Å². The van der Waals surface area contributed by atoms with Gasteiger partial charge in [-0.15, -0.1) is 0 Å². The Morgan fingerprint density at radius 1 is 1.00 bits per heavy atom. The standard InChI is InChI=1S/C19H20F2N6/c1-27(2)10-9-23-19-25-17(16-5-3-4-8-22-16)12-18(26-19)24-15-7-6-13(20)11-14(15)21/h3-8,11-12H,9-10H2,1-2H3,(H2,23,24,25,26). The molecule has 0 aliphatic heterocycles. The van der Waals surface area contributed by atoms with Gasteiger partial charge in [-0.3, -0.25) is 4.98 Å². The number of nitrogens with zero attached hydrogens (tertiary/aromatic N) is 4. The number of halogens is 2. The van der Waals surface area contributed by atoms with Crippen LogP contribution < -0.4 is 10.6 Å². The highest BCUT2D eigenvalue weighted by Gasteiger charge is 2.10. The molecule has 0 fully saturated rings. The van der Waals surface area contributed by atoms with E-state index in [1.165, 1.54) is 12.1 Å². The molecule has 0 bridgehead atoms. The number of nitrogens with one attached hydrogen (secondary N) is 2. The zero-order valence-electron chi connectivity index (χ0n) is 15.1. The SMILES string of the molecule is CN(C)CCNc1nc(Nc2ccc(F)cc2F)cc(-c2ccccn2)n1. The maximum atomic E-state index is 14.0. The Kier molecular flexibility index (Phi) is 5.87. The zero-order valence-corrected chi connectivity index (χ0v) is 15.1. The Morgan fingerprint density at radius 3 is 2.56 bits per heavy atom. The van der Waals surface area contributed by atoms with E-state index in [9.17, 15) is 8.78 Å². The molecular formula is C19H20F2N6. The molecule has 6 nitrogen and oxygen atoms in total. The van der Waals surface area contributed by atoms with Gasteiger partial charge in [-0.05, 0) is 38.4 Å². The van der Waals surface area contributed by atoms with Crippen molar-refractivity contribution in [3.05, 3.63) is 60.3 Å². The molecular weight excluding hydrogens is 350 g/mol. The van der Waals surface area contributed by atoms with Crippen LogP contribution in [0.25, 0.3) is 11.4 Å². The van der Waals surface area contributed by atoms with E-state index in [4.69, 9.17) is 0 Å². The predicted octanol–water partition coefficient (Wildman–Crippen LogP) is 3.53. The minimum Gasteiger partial charge on any atom is -0.353 e. The molecule has 0 saturated heterocycles. The maximum Gasteiger partial charge on any atom is 0.225 e. The molecule has 0 amide bonds. The van der Waals surface area contributed by atoms with Gasteiger partial charge in [0.25, 0.3) is 0 Å². The number of anilines is 3. The van der Waals surface area contributed by atoms with Crippen molar-refractivity contribution in [1.29, 1.82) is 0 Å². The van der Waals surface area contributed by atoms with E-state index in [0.717, 1.165) is 12.6 Å². The molecule has 0 unspecified atom stereocenters. The maximum absolute atomic E-state index is 14.0. The lowest BCUT2D eigenvalue weighted by Gasteiger charge is -2.13. The van der Waals surface area contributed by atoms with Crippen LogP contribution in [0.2, 0.25) is 0 Å². The van der Waals surface area contributed by atoms with Gasteiger partial charge < -0.3 is 15.5 Å². The first-order chi connectivity index (χ1) is 13.0. The Morgan fingerprint density at radius 2 is 1.85 bits per heavy atom. The predicted molar refractivity (Wildman–Crippen MR) is 102 cm³/mol. The van der Waals surface area contributed by atoms with Crippen molar-refractivity contribution in [1.82, 2.24) is 19.9 Å². The number of benzene rings is 1. The third-order valence-electron chi connectivity index (χ3n) is 3.69. The highest BCUT2D eigenvalue weighted by atomic mass is 19.1. The van der Waals surface area contributed by atoms with Crippen LogP contribution in [0.15, 0.2) is 48.7 Å². The average Bonchev–Trinajstić information content (AvgIpc) is 2.64. The van der Waals surface area contributed by atoms with Crippen LogP contribution in [0.3, 0.4) is 0 Å². The second-order valence-electron chi connectivity index (χ2n) is 6.16. The van der Waals surface area contributed by atoms with Crippen LogP contribution in [-0.4, -0.2) is 47.0 Å². The van der Waals surface area contributed by atoms with Gasteiger partial charge in [0.05, 0.1) is 17.1 Å². The molecule has 0 atom stereocenters. The first-order valence-electron chi connectivity index (χ1n) is 8.42. The molecule has 8 heteroatoms. The van der Waals surface area contributed by atoms with Crippen molar-refractivity contribution in [2.24, 2.45) is 0 Å². The Bertz CT molecular complexity index is 902. The number of likely N-dealkylation sites (N-methyl/N-ethyl adjacent to an activating group) is 1. The van der Waals surface area contributed by atoms with Gasteiger partial charge >= 0.3 is 0 Å². The Hall–Kier alpha value is -3.13. The summed E-state index contributed by atoms with van der Waals surface area (Å²) >= 11 is 0. The van der Waals surface area contributed by atoms with E-state index < -0.39 is 11.6 Å². The summed E-state index contributed by atoms with van der Waals surface area (Å²) in [7, 11) is 3.94. The van der Waals surface area contributed by atoms with E-state index in [1.54, 1.807) is 12.3 Å². The zero-order chi connectivity index (χ0) is 19.2. The molecule has 2 aromatic heterocycles. The fraction of sp³-hybridized carbons (Fsp3) is 0.211. The van der Waals surface area contributed by atoms with E-state index in [-0.39, 0.29) is 5.69 Å². The Balaban J connectivity index is 1.91. The van der Waals surface area contributed by atoms with Gasteiger partial charge in [0.15, 0.2) is 0 Å². The van der Waals surface area contributed by atoms with Crippen molar-refractivity contribution in [3.63, 3.8) is 0 Å². The summed E-state index contributed by atoms with van der Waals surface area (Å²) in [6.45, 7) is 1.44. The fourth-order valence-electron chi connectivity index (χ4n) is 2.36. The summed E-state index contributed by atoms with van der Waals surface area (Å²) < 4.78 is 27.1. The topological polar surface area (TPSA) is 66.0 Å². The lowest BCUT2D eigenvalue weighted by Crippen LogP contribution is -2.21. The Labute approximate surface area is 156 Å². The summed E-state index contributed by atoms with van der Waals surface area (Å²) in [6.07, 6.45) is 1.67. The van der Waals surface area contributed by atoms with E-state index in [0.29, 0.717) is 29.7 Å². The molecule has 0 spiro atoms. The minimum atomic E-state index is -0.699. The van der Waals surface area contributed by atoms with Crippen LogP contribution in [0.1, 0.15) is 0 Å². The van der Waals surface area contributed by atoms with Crippen molar-refractivity contribution in [3.8, 4) is 11.4 Å². The van der Waals surface area contributed by atoms with Gasteiger partial charge in [0.1, 0.15) is 17.5 Å². The second-order valence-corrected chi connectivity index (χ2v) is 6.16. The molecule has 3 rings (SSSR count). The van der Waals surface area contributed by atoms with Gasteiger partial charge in [-0.2, -0.15) is 4.98 Å². The molecule has 0 aliphatic rings. The van der Waals surface area contributed by atoms with Crippen LogP contribution >= 0.6 is 0 Å². The first-order valence-corrected chi connectivity index (χ1v) is 8.42. The second kappa shape index (κ2) is 8.50. The summed E-state index contributed by atoms with van der Waals surface area (Å²) in [5.74, 6) is -0.565. The highest BCUT2D eigenvalue weighted by Crippen LogP contribution is 2.24. The summed E-state index contributed by atoms with van der Waals surface area (Å²) in [6, 6.07) is 10.5. The number of aromatic nitrogens is 3. The van der Waals surface area contributed by atoms with Crippen molar-refractivity contribution in [2.45, 2.75) is 0 Å². The normalized spacial score (nSPS) is 10.9. The quantitative estimate of drug-likeness (QED) is 0.663. The van der Waals surface area contributed by atoms with Crippen LogP contribution in [0.4, 0.5) is 26.2 Å². The molecule has 0 saturated carbocycles.